The lowest BCUT2D eigenvalue weighted by Gasteiger charge is -2.36. The maximum absolute atomic E-state index is 4.33. The van der Waals surface area contributed by atoms with Gasteiger partial charge in [0.2, 0.25) is 0 Å². The van der Waals surface area contributed by atoms with Crippen molar-refractivity contribution in [1.82, 2.24) is 0 Å². The SMILES string of the molecule is C=C1/C=C\C=C/CC2=C(/C=C\1)C(c1ccc(C(C)C)cc1)(c1ccc(C(C)C)cc1)c1c2ccc2ccccc12.CC.CC. The van der Waals surface area contributed by atoms with Crippen LogP contribution in [-0.4, -0.2) is 0 Å². The van der Waals surface area contributed by atoms with E-state index >= 15 is 0 Å². The normalized spacial score (nSPS) is 17.2. The van der Waals surface area contributed by atoms with Crippen LogP contribution in [0.15, 0.2) is 139 Å². The van der Waals surface area contributed by atoms with Gasteiger partial charge in [-0.15, -0.1) is 0 Å². The third kappa shape index (κ3) is 5.96. The minimum atomic E-state index is -0.454. The summed E-state index contributed by atoms with van der Waals surface area (Å²) in [6, 6.07) is 32.4. The first-order chi connectivity index (χ1) is 21.4. The van der Waals surface area contributed by atoms with Crippen LogP contribution >= 0.6 is 0 Å². The lowest BCUT2D eigenvalue weighted by molar-refractivity contribution is 0.761. The van der Waals surface area contributed by atoms with Gasteiger partial charge < -0.3 is 0 Å². The Labute approximate surface area is 267 Å². The average Bonchev–Trinajstić information content (AvgIpc) is 3.36. The number of hydrogen-bond acceptors (Lipinski definition) is 0. The number of allylic oxidation sites excluding steroid dienone is 9. The van der Waals surface area contributed by atoms with E-state index in [2.05, 4.69) is 156 Å². The zero-order valence-corrected chi connectivity index (χ0v) is 28.1. The highest BCUT2D eigenvalue weighted by Gasteiger charge is 2.47. The van der Waals surface area contributed by atoms with Crippen LogP contribution in [0.1, 0.15) is 107 Å². The Kier molecular flexibility index (Phi) is 10.8. The smallest absolute Gasteiger partial charge is 0.0716 e. The summed E-state index contributed by atoms with van der Waals surface area (Å²) < 4.78 is 0. The molecule has 0 unspecified atom stereocenters. The van der Waals surface area contributed by atoms with Crippen molar-refractivity contribution in [3.63, 3.8) is 0 Å². The van der Waals surface area contributed by atoms with Crippen LogP contribution < -0.4 is 0 Å². The van der Waals surface area contributed by atoms with Gasteiger partial charge in [0.25, 0.3) is 0 Å². The second-order valence-corrected chi connectivity index (χ2v) is 11.8. The van der Waals surface area contributed by atoms with Crippen molar-refractivity contribution in [2.45, 2.75) is 79.1 Å². The van der Waals surface area contributed by atoms with Crippen molar-refractivity contribution in [2.75, 3.05) is 0 Å². The first kappa shape index (κ1) is 32.7. The molecule has 2 aliphatic rings. The topological polar surface area (TPSA) is 0 Å². The summed E-state index contributed by atoms with van der Waals surface area (Å²) in [4.78, 5) is 0. The maximum Gasteiger partial charge on any atom is 0.0716 e. The molecule has 0 aromatic heterocycles. The number of hydrogen-bond donors (Lipinski definition) is 0. The summed E-state index contributed by atoms with van der Waals surface area (Å²) in [6.45, 7) is 21.4. The average molecular weight is 579 g/mol. The number of rotatable bonds is 4. The fourth-order valence-corrected chi connectivity index (χ4v) is 6.57. The minimum absolute atomic E-state index is 0.454. The van der Waals surface area contributed by atoms with E-state index in [0.29, 0.717) is 11.8 Å². The molecule has 0 amide bonds. The lowest BCUT2D eigenvalue weighted by Crippen LogP contribution is -2.30. The summed E-state index contributed by atoms with van der Waals surface area (Å²) in [6.07, 6.45) is 14.0. The van der Waals surface area contributed by atoms with Crippen molar-refractivity contribution in [2.24, 2.45) is 0 Å². The molecular weight excluding hydrogens is 528 g/mol. The third-order valence-electron chi connectivity index (χ3n) is 8.72. The van der Waals surface area contributed by atoms with Crippen LogP contribution in [0.25, 0.3) is 16.3 Å². The van der Waals surface area contributed by atoms with Crippen molar-refractivity contribution in [3.8, 4) is 0 Å². The van der Waals surface area contributed by atoms with E-state index in [1.165, 1.54) is 55.3 Å². The molecule has 0 bridgehead atoms. The monoisotopic (exact) mass is 578 g/mol. The van der Waals surface area contributed by atoms with E-state index in [9.17, 15) is 0 Å². The highest BCUT2D eigenvalue weighted by Crippen LogP contribution is 2.58. The summed E-state index contributed by atoms with van der Waals surface area (Å²) in [5.74, 6) is 0.964. The summed E-state index contributed by atoms with van der Waals surface area (Å²) in [5.41, 5.74) is 11.4. The molecule has 0 heteroatoms. The van der Waals surface area contributed by atoms with Crippen LogP contribution in [0, 0.1) is 0 Å². The van der Waals surface area contributed by atoms with E-state index in [1.54, 1.807) is 0 Å². The standard InChI is InChI=1S/C40H38.2C2H6/c1-27(2)30-16-21-33(22-17-30)40(34-23-18-31(19-24-34)28(3)4)38-26-15-29(5)11-7-6-8-14-36(38)37-25-20-32-12-9-10-13-35(32)39(37)40;2*1-2/h6-13,15-28H,5,14H2,1-4H3;2*1-2H3/b8-6-,11-7-,26-15-;;. The van der Waals surface area contributed by atoms with E-state index in [4.69, 9.17) is 0 Å². The van der Waals surface area contributed by atoms with Gasteiger partial charge in [0.05, 0.1) is 5.41 Å². The molecule has 0 nitrogen and oxygen atoms in total. The molecule has 6 rings (SSSR count). The Morgan fingerprint density at radius 1 is 0.614 bits per heavy atom. The fraction of sp³-hybridized carbons (Fsp3) is 0.273. The van der Waals surface area contributed by atoms with E-state index in [-0.39, 0.29) is 0 Å². The van der Waals surface area contributed by atoms with Gasteiger partial charge in [-0.3, -0.25) is 0 Å². The molecule has 0 heterocycles. The van der Waals surface area contributed by atoms with Gasteiger partial charge in [0.15, 0.2) is 0 Å². The molecule has 4 aromatic rings. The van der Waals surface area contributed by atoms with Crippen molar-refractivity contribution < 1.29 is 0 Å². The van der Waals surface area contributed by atoms with Crippen LogP contribution in [0.4, 0.5) is 0 Å². The first-order valence-electron chi connectivity index (χ1n) is 16.6. The zero-order chi connectivity index (χ0) is 31.9. The maximum atomic E-state index is 4.33. The number of benzene rings is 4. The molecule has 0 spiro atoms. The zero-order valence-electron chi connectivity index (χ0n) is 28.1. The Hall–Kier alpha value is -4.16. The quantitative estimate of drug-likeness (QED) is 0.226. The van der Waals surface area contributed by atoms with Gasteiger partial charge >= 0.3 is 0 Å². The van der Waals surface area contributed by atoms with E-state index in [0.717, 1.165) is 12.0 Å². The third-order valence-corrected chi connectivity index (χ3v) is 8.72. The van der Waals surface area contributed by atoms with Gasteiger partial charge in [-0.1, -0.05) is 183 Å². The van der Waals surface area contributed by atoms with Gasteiger partial charge in [0, 0.05) is 0 Å². The molecule has 0 radical (unpaired) electrons. The van der Waals surface area contributed by atoms with Crippen LogP contribution in [-0.2, 0) is 5.41 Å². The summed E-state index contributed by atoms with van der Waals surface area (Å²) in [7, 11) is 0. The van der Waals surface area contributed by atoms with E-state index in [1.807, 2.05) is 27.7 Å². The highest BCUT2D eigenvalue weighted by atomic mass is 14.5. The van der Waals surface area contributed by atoms with Crippen molar-refractivity contribution >= 4 is 16.3 Å². The number of fused-ring (bicyclic) bond motifs is 4. The Morgan fingerprint density at radius 2 is 1.18 bits per heavy atom. The second-order valence-electron chi connectivity index (χ2n) is 11.8. The van der Waals surface area contributed by atoms with Gasteiger partial charge in [0.1, 0.15) is 0 Å². The van der Waals surface area contributed by atoms with Gasteiger partial charge in [-0.25, -0.2) is 0 Å². The first-order valence-corrected chi connectivity index (χ1v) is 16.6. The summed E-state index contributed by atoms with van der Waals surface area (Å²) >= 11 is 0. The molecule has 226 valence electrons. The molecule has 0 saturated carbocycles. The Bertz CT molecular complexity index is 1650. The molecular formula is C44H50. The fourth-order valence-electron chi connectivity index (χ4n) is 6.57. The molecule has 0 fully saturated rings. The molecule has 0 aliphatic heterocycles. The summed E-state index contributed by atoms with van der Waals surface area (Å²) in [5, 5.41) is 2.59. The van der Waals surface area contributed by atoms with Crippen molar-refractivity contribution in [1.29, 1.82) is 0 Å². The lowest BCUT2D eigenvalue weighted by atomic mass is 9.65. The molecule has 44 heavy (non-hydrogen) atoms. The van der Waals surface area contributed by atoms with Crippen molar-refractivity contribution in [3.05, 3.63) is 172 Å². The minimum Gasteiger partial charge on any atom is -0.0918 e. The second kappa shape index (κ2) is 14.5. The van der Waals surface area contributed by atoms with Crippen LogP contribution in [0.3, 0.4) is 0 Å². The van der Waals surface area contributed by atoms with Gasteiger partial charge in [-0.2, -0.15) is 0 Å². The van der Waals surface area contributed by atoms with E-state index < -0.39 is 5.41 Å². The molecule has 2 aliphatic carbocycles. The highest BCUT2D eigenvalue weighted by molar-refractivity contribution is 5.99. The predicted molar refractivity (Wildman–Crippen MR) is 196 cm³/mol. The predicted octanol–water partition coefficient (Wildman–Crippen LogP) is 12.9. The van der Waals surface area contributed by atoms with Crippen LogP contribution in [0.2, 0.25) is 0 Å². The largest absolute Gasteiger partial charge is 0.0918 e. The Balaban J connectivity index is 0.00000106. The van der Waals surface area contributed by atoms with Gasteiger partial charge in [-0.05, 0) is 79.1 Å². The molecule has 0 atom stereocenters. The molecule has 0 saturated heterocycles. The van der Waals surface area contributed by atoms with Crippen LogP contribution in [0.5, 0.6) is 0 Å². The Morgan fingerprint density at radius 3 is 1.75 bits per heavy atom. The molecule has 4 aromatic carbocycles. The molecule has 0 N–H and O–H groups in total.